The topological polar surface area (TPSA) is 253 Å². The highest BCUT2D eigenvalue weighted by Crippen LogP contribution is 2.20. The molecule has 1 fully saturated rings. The fourth-order valence-corrected chi connectivity index (χ4v) is 8.98. The van der Waals surface area contributed by atoms with E-state index >= 15 is 0 Å². The van der Waals surface area contributed by atoms with Crippen LogP contribution in [0.25, 0.3) is 0 Å². The van der Waals surface area contributed by atoms with Crippen molar-refractivity contribution >= 4 is 59.1 Å². The van der Waals surface area contributed by atoms with Gasteiger partial charge in [0, 0.05) is 69.3 Å². The molecule has 7 N–H and O–H groups in total. The summed E-state index contributed by atoms with van der Waals surface area (Å²) in [5, 5.41) is 19.8. The number of aromatic nitrogens is 2. The van der Waals surface area contributed by atoms with E-state index < -0.39 is 47.9 Å². The van der Waals surface area contributed by atoms with Crippen molar-refractivity contribution in [2.45, 2.75) is 148 Å². The van der Waals surface area contributed by atoms with Crippen LogP contribution in [0.3, 0.4) is 0 Å². The van der Waals surface area contributed by atoms with Crippen LogP contribution in [0.5, 0.6) is 0 Å². The molecular weight excluding hydrogens is 979 g/mol. The van der Waals surface area contributed by atoms with Gasteiger partial charge in [-0.15, -0.1) is 0 Å². The van der Waals surface area contributed by atoms with Gasteiger partial charge < -0.3 is 46.9 Å². The lowest BCUT2D eigenvalue weighted by molar-refractivity contribution is -0.140. The molecule has 0 spiro atoms. The summed E-state index contributed by atoms with van der Waals surface area (Å²) in [6.07, 6.45) is 10.6. The molecule has 0 aliphatic carbocycles. The lowest BCUT2D eigenvalue weighted by Crippen LogP contribution is -2.58. The first-order valence-electron chi connectivity index (χ1n) is 27.2. The Morgan fingerprint density at radius 1 is 0.688 bits per heavy atom. The molecular formula is C58H79N11O8. The number of likely N-dealkylation sites (tertiary alicyclic amines) is 1. The number of benzene rings is 2. The molecule has 4 atom stereocenters. The number of hydrogen-bond acceptors (Lipinski definition) is 11. The molecule has 0 bridgehead atoms. The van der Waals surface area contributed by atoms with Crippen molar-refractivity contribution in [1.82, 2.24) is 46.4 Å². The maximum Gasteiger partial charge on any atom is 0.323 e. The number of nitrogens with one attached hydrogen (secondary N) is 7. The number of unbranched alkanes of at least 4 members (excludes halogenated alkanes) is 4. The summed E-state index contributed by atoms with van der Waals surface area (Å²) in [5.41, 5.74) is 4.73. The molecule has 19 nitrogen and oxygen atoms in total. The van der Waals surface area contributed by atoms with Gasteiger partial charge in [0.05, 0.1) is 23.9 Å². The van der Waals surface area contributed by atoms with Gasteiger partial charge >= 0.3 is 6.03 Å². The highest BCUT2D eigenvalue weighted by molar-refractivity contribution is 6.00. The fourth-order valence-electron chi connectivity index (χ4n) is 8.98. The van der Waals surface area contributed by atoms with E-state index in [1.165, 1.54) is 4.90 Å². The van der Waals surface area contributed by atoms with Crippen molar-refractivity contribution in [3.05, 3.63) is 120 Å². The minimum atomic E-state index is -1.06. The van der Waals surface area contributed by atoms with Gasteiger partial charge in [-0.25, -0.2) is 4.79 Å². The summed E-state index contributed by atoms with van der Waals surface area (Å²) in [5.74, 6) is -2.75. The van der Waals surface area contributed by atoms with E-state index in [1.54, 1.807) is 63.5 Å². The Labute approximate surface area is 453 Å². The van der Waals surface area contributed by atoms with Crippen LogP contribution in [0.1, 0.15) is 120 Å². The third kappa shape index (κ3) is 21.5. The van der Waals surface area contributed by atoms with Crippen LogP contribution in [0, 0.1) is 12.8 Å². The van der Waals surface area contributed by atoms with Crippen molar-refractivity contribution in [2.24, 2.45) is 5.92 Å². The molecule has 1 aliphatic heterocycles. The summed E-state index contributed by atoms with van der Waals surface area (Å²) < 4.78 is 0. The average Bonchev–Trinajstić information content (AvgIpc) is 3.91. The molecule has 0 saturated carbocycles. The summed E-state index contributed by atoms with van der Waals surface area (Å²) in [4.78, 5) is 117. The maximum absolute atomic E-state index is 14.0. The van der Waals surface area contributed by atoms with Crippen LogP contribution in [-0.2, 0) is 53.1 Å². The number of urea groups is 1. The zero-order valence-electron chi connectivity index (χ0n) is 45.2. The van der Waals surface area contributed by atoms with Gasteiger partial charge in [-0.3, -0.25) is 43.6 Å². The molecule has 5 rings (SSSR count). The molecule has 1 saturated heterocycles. The zero-order chi connectivity index (χ0) is 55.4. The number of nitrogens with zero attached hydrogens (tertiary/aromatic N) is 4. The van der Waals surface area contributed by atoms with Gasteiger partial charge in [0.15, 0.2) is 0 Å². The highest BCUT2D eigenvalue weighted by Gasteiger charge is 2.36. The van der Waals surface area contributed by atoms with Crippen LogP contribution in [0.15, 0.2) is 97.3 Å². The Morgan fingerprint density at radius 3 is 1.90 bits per heavy atom. The Bertz CT molecular complexity index is 2470. The van der Waals surface area contributed by atoms with E-state index in [1.807, 2.05) is 61.5 Å². The molecule has 0 unspecified atom stereocenters. The van der Waals surface area contributed by atoms with Gasteiger partial charge in [0.1, 0.15) is 24.4 Å². The van der Waals surface area contributed by atoms with Crippen LogP contribution in [0.4, 0.5) is 16.2 Å². The SMILES string of the molecule is CC[C@H](NC(=O)[C@H](CCCCNC(=O)CCC(=O)NCCCCCCN(Cc1ccccn1)Cc1ccccn1)NC(=O)Cc1ccc(NC(=O)Nc2ccccc2C)cc1)C(=O)N[C@H](C(=O)N1CCC[C@H]1C=O)C(C)C. The fraction of sp³-hybridized carbons (Fsp3) is 0.483. The summed E-state index contributed by atoms with van der Waals surface area (Å²) >= 11 is 0. The first-order valence-corrected chi connectivity index (χ1v) is 27.2. The molecule has 4 aromatic rings. The van der Waals surface area contributed by atoms with Crippen molar-refractivity contribution in [3.8, 4) is 0 Å². The van der Waals surface area contributed by atoms with Gasteiger partial charge in [-0.05, 0) is 124 Å². The number of anilines is 2. The first kappa shape index (κ1) is 60.3. The summed E-state index contributed by atoms with van der Waals surface area (Å²) in [6.45, 7) is 10.8. The van der Waals surface area contributed by atoms with Crippen LogP contribution in [-0.4, -0.2) is 118 Å². The second-order valence-electron chi connectivity index (χ2n) is 19.9. The zero-order valence-corrected chi connectivity index (χ0v) is 45.2. The number of amides is 8. The number of carbonyl (C=O) groups excluding carboxylic acids is 8. The van der Waals surface area contributed by atoms with Crippen LogP contribution in [0.2, 0.25) is 0 Å². The van der Waals surface area contributed by atoms with Crippen molar-refractivity contribution in [1.29, 1.82) is 0 Å². The Morgan fingerprint density at radius 2 is 1.30 bits per heavy atom. The Balaban J connectivity index is 1.06. The standard InChI is InChI=1S/C58H79N11O8/c1-5-48(55(74)67-54(41(2)3)57(76)69-36-18-22-47(69)40-70)65-56(75)50(64-53(73)37-43-25-27-44(28-26-43)63-58(77)66-49-23-9-8-19-42(49)4)24-12-16-34-62-52(72)30-29-51(71)61-33-13-6-7-17-35-68(38-45-20-10-14-31-59-45)39-46-21-11-15-32-60-46/h8-11,14-15,19-21,23,25-28,31-32,40-41,47-48,50,54H,5-7,12-13,16-18,22,24,29-30,33-39H2,1-4H3,(H,61,71)(H,62,72)(H,64,73)(H,65,75)(H,67,74)(H2,63,66,77)/t47-,48-,50-,54-/m0/s1. The number of aryl methyl sites for hydroxylation is 1. The largest absolute Gasteiger partial charge is 0.356 e. The lowest BCUT2D eigenvalue weighted by atomic mass is 10.0. The van der Waals surface area contributed by atoms with E-state index in [0.717, 1.165) is 68.6 Å². The van der Waals surface area contributed by atoms with Crippen LogP contribution < -0.4 is 37.2 Å². The number of rotatable bonds is 32. The molecule has 2 aromatic carbocycles. The molecule has 3 heterocycles. The highest BCUT2D eigenvalue weighted by atomic mass is 16.2. The van der Waals surface area contributed by atoms with E-state index in [0.29, 0.717) is 55.7 Å². The first-order chi connectivity index (χ1) is 37.2. The molecule has 19 heteroatoms. The molecule has 77 heavy (non-hydrogen) atoms. The van der Waals surface area contributed by atoms with Crippen molar-refractivity contribution < 1.29 is 38.4 Å². The van der Waals surface area contributed by atoms with Gasteiger partial charge in [0.25, 0.3) is 0 Å². The molecule has 1 aliphatic rings. The Hall–Kier alpha value is -7.54. The number of carbonyl (C=O) groups is 8. The predicted molar refractivity (Wildman–Crippen MR) is 296 cm³/mol. The van der Waals surface area contributed by atoms with Gasteiger partial charge in [0.2, 0.25) is 35.4 Å². The molecule has 2 aromatic heterocycles. The number of pyridine rings is 2. The predicted octanol–water partition coefficient (Wildman–Crippen LogP) is 6.13. The van der Waals surface area contributed by atoms with Crippen molar-refractivity contribution in [3.63, 3.8) is 0 Å². The van der Waals surface area contributed by atoms with E-state index in [4.69, 9.17) is 0 Å². The number of hydrogen-bond donors (Lipinski definition) is 7. The van der Waals surface area contributed by atoms with Crippen molar-refractivity contribution in [2.75, 3.05) is 36.8 Å². The molecule has 0 radical (unpaired) electrons. The van der Waals surface area contributed by atoms with Gasteiger partial charge in [-0.2, -0.15) is 0 Å². The minimum absolute atomic E-state index is 0.0202. The summed E-state index contributed by atoms with van der Waals surface area (Å²) in [6, 6.07) is 22.0. The smallest absolute Gasteiger partial charge is 0.323 e. The second-order valence-corrected chi connectivity index (χ2v) is 19.9. The van der Waals surface area contributed by atoms with E-state index in [9.17, 15) is 38.4 Å². The third-order valence-corrected chi connectivity index (χ3v) is 13.4. The van der Waals surface area contributed by atoms with Gasteiger partial charge in [-0.1, -0.05) is 76.1 Å². The quantitative estimate of drug-likeness (QED) is 0.0217. The number of para-hydroxylation sites is 1. The summed E-state index contributed by atoms with van der Waals surface area (Å²) in [7, 11) is 0. The van der Waals surface area contributed by atoms with E-state index in [2.05, 4.69) is 52.1 Å². The molecule has 414 valence electrons. The monoisotopic (exact) mass is 1060 g/mol. The van der Waals surface area contributed by atoms with Crippen LogP contribution >= 0.6 is 0 Å². The normalized spacial score (nSPS) is 14.2. The maximum atomic E-state index is 14.0. The Kier molecular flexibility index (Phi) is 25.7. The number of aldehydes is 1. The minimum Gasteiger partial charge on any atom is -0.356 e. The second kappa shape index (κ2) is 32.8. The third-order valence-electron chi connectivity index (χ3n) is 13.4. The molecule has 8 amide bonds. The van der Waals surface area contributed by atoms with E-state index in [-0.39, 0.29) is 62.3 Å². The lowest BCUT2D eigenvalue weighted by Gasteiger charge is -2.30. The average molecular weight is 1060 g/mol.